The monoisotopic (exact) mass is 312 g/mol. The lowest BCUT2D eigenvalue weighted by molar-refractivity contribution is 0.262. The highest BCUT2D eigenvalue weighted by Crippen LogP contribution is 2.15. The second-order valence-corrected chi connectivity index (χ2v) is 5.28. The second kappa shape index (κ2) is 5.56. The van der Waals surface area contributed by atoms with E-state index in [1.165, 1.54) is 10.8 Å². The first-order chi connectivity index (χ1) is 11.0. The summed E-state index contributed by atoms with van der Waals surface area (Å²) in [6, 6.07) is 5.08. The minimum absolute atomic E-state index is 0.105. The van der Waals surface area contributed by atoms with Crippen molar-refractivity contribution < 1.29 is 4.79 Å². The SMILES string of the molecule is Cc1ccc(NC(=O)Nc2c(C)nc3nc[nH]n3c2=O)cc1C. The minimum atomic E-state index is -0.505. The summed E-state index contributed by atoms with van der Waals surface area (Å²) in [6.07, 6.45) is 1.36. The molecule has 0 spiro atoms. The van der Waals surface area contributed by atoms with Gasteiger partial charge in [-0.05, 0) is 44.0 Å². The van der Waals surface area contributed by atoms with Crippen molar-refractivity contribution in [2.24, 2.45) is 0 Å². The Balaban J connectivity index is 1.85. The Labute approximate surface area is 131 Å². The number of carbonyl (C=O) groups is 1. The molecule has 3 rings (SSSR count). The highest BCUT2D eigenvalue weighted by atomic mass is 16.2. The molecule has 0 saturated heterocycles. The molecule has 3 aromatic rings. The number of urea groups is 1. The van der Waals surface area contributed by atoms with E-state index in [-0.39, 0.29) is 11.5 Å². The summed E-state index contributed by atoms with van der Waals surface area (Å²) in [5.41, 5.74) is 2.95. The quantitative estimate of drug-likeness (QED) is 0.673. The summed E-state index contributed by atoms with van der Waals surface area (Å²) >= 11 is 0. The molecule has 2 heterocycles. The van der Waals surface area contributed by atoms with Crippen LogP contribution in [0, 0.1) is 20.8 Å². The van der Waals surface area contributed by atoms with Crippen LogP contribution in [0.3, 0.4) is 0 Å². The number of aromatic nitrogens is 4. The van der Waals surface area contributed by atoms with Gasteiger partial charge in [0.15, 0.2) is 0 Å². The van der Waals surface area contributed by atoms with Crippen molar-refractivity contribution >= 4 is 23.2 Å². The van der Waals surface area contributed by atoms with Gasteiger partial charge in [-0.1, -0.05) is 6.07 Å². The molecule has 0 atom stereocenters. The van der Waals surface area contributed by atoms with Crippen molar-refractivity contribution in [3.05, 3.63) is 51.7 Å². The third-order valence-corrected chi connectivity index (χ3v) is 3.62. The number of amides is 2. The molecule has 2 amide bonds. The first-order valence-corrected chi connectivity index (χ1v) is 7.03. The van der Waals surface area contributed by atoms with E-state index in [9.17, 15) is 9.59 Å². The molecule has 3 N–H and O–H groups in total. The van der Waals surface area contributed by atoms with Crippen LogP contribution in [0.4, 0.5) is 16.2 Å². The standard InChI is InChI=1S/C15H16N6O2/c1-8-4-5-11(6-9(8)2)19-15(23)20-12-10(3)18-14-16-7-17-21(14)13(12)22/h4-7H,1-3H3,(H,16,17,18)(H2,19,20,23). The van der Waals surface area contributed by atoms with E-state index < -0.39 is 11.6 Å². The fourth-order valence-electron chi connectivity index (χ4n) is 2.20. The summed E-state index contributed by atoms with van der Waals surface area (Å²) in [5.74, 6) is 0.257. The average Bonchev–Trinajstić information content (AvgIpc) is 2.95. The Morgan fingerprint density at radius 2 is 1.96 bits per heavy atom. The number of anilines is 2. The van der Waals surface area contributed by atoms with Crippen LogP contribution in [0.5, 0.6) is 0 Å². The Kier molecular flexibility index (Phi) is 3.57. The summed E-state index contributed by atoms with van der Waals surface area (Å²) in [5, 5.41) is 7.90. The van der Waals surface area contributed by atoms with Gasteiger partial charge in [0.05, 0.1) is 5.69 Å². The van der Waals surface area contributed by atoms with Gasteiger partial charge in [0.25, 0.3) is 11.3 Å². The van der Waals surface area contributed by atoms with Crippen LogP contribution < -0.4 is 16.2 Å². The Hall–Kier alpha value is -3.16. The van der Waals surface area contributed by atoms with E-state index in [0.29, 0.717) is 11.4 Å². The number of H-pyrrole nitrogens is 1. The average molecular weight is 312 g/mol. The van der Waals surface area contributed by atoms with E-state index in [2.05, 4.69) is 25.7 Å². The summed E-state index contributed by atoms with van der Waals surface area (Å²) in [4.78, 5) is 32.5. The normalized spacial score (nSPS) is 10.7. The van der Waals surface area contributed by atoms with Crippen LogP contribution in [0.1, 0.15) is 16.8 Å². The van der Waals surface area contributed by atoms with Crippen molar-refractivity contribution in [3.8, 4) is 0 Å². The number of aromatic amines is 1. The van der Waals surface area contributed by atoms with Crippen molar-refractivity contribution in [3.63, 3.8) is 0 Å². The summed E-state index contributed by atoms with van der Waals surface area (Å²) in [7, 11) is 0. The second-order valence-electron chi connectivity index (χ2n) is 5.28. The Bertz CT molecular complexity index is 956. The van der Waals surface area contributed by atoms with Gasteiger partial charge in [0.2, 0.25) is 0 Å². The highest BCUT2D eigenvalue weighted by molar-refractivity contribution is 6.00. The number of fused-ring (bicyclic) bond motifs is 1. The maximum atomic E-state index is 12.3. The molecule has 2 aromatic heterocycles. The fraction of sp³-hybridized carbons (Fsp3) is 0.200. The van der Waals surface area contributed by atoms with E-state index in [4.69, 9.17) is 0 Å². The van der Waals surface area contributed by atoms with Gasteiger partial charge in [-0.25, -0.2) is 14.8 Å². The largest absolute Gasteiger partial charge is 0.323 e. The van der Waals surface area contributed by atoms with Crippen molar-refractivity contribution in [2.45, 2.75) is 20.8 Å². The number of nitrogens with one attached hydrogen (secondary N) is 3. The van der Waals surface area contributed by atoms with E-state index in [1.54, 1.807) is 13.0 Å². The Morgan fingerprint density at radius 3 is 2.70 bits per heavy atom. The predicted octanol–water partition coefficient (Wildman–Crippen LogP) is 1.99. The molecule has 118 valence electrons. The molecule has 0 aliphatic rings. The topological polar surface area (TPSA) is 104 Å². The smallest absolute Gasteiger partial charge is 0.308 e. The minimum Gasteiger partial charge on any atom is -0.308 e. The van der Waals surface area contributed by atoms with Gasteiger partial charge in [-0.2, -0.15) is 4.52 Å². The molecule has 0 aliphatic heterocycles. The first kappa shape index (κ1) is 14.8. The van der Waals surface area contributed by atoms with Crippen molar-refractivity contribution in [1.82, 2.24) is 19.6 Å². The van der Waals surface area contributed by atoms with Gasteiger partial charge < -0.3 is 10.6 Å². The zero-order valence-electron chi connectivity index (χ0n) is 13.0. The predicted molar refractivity (Wildman–Crippen MR) is 86.9 cm³/mol. The maximum absolute atomic E-state index is 12.3. The van der Waals surface area contributed by atoms with Gasteiger partial charge >= 0.3 is 6.03 Å². The van der Waals surface area contributed by atoms with Gasteiger partial charge in [-0.3, -0.25) is 9.89 Å². The molecule has 8 heteroatoms. The van der Waals surface area contributed by atoms with E-state index in [1.807, 2.05) is 26.0 Å². The van der Waals surface area contributed by atoms with Crippen molar-refractivity contribution in [2.75, 3.05) is 10.6 Å². The van der Waals surface area contributed by atoms with Crippen LogP contribution in [-0.2, 0) is 0 Å². The molecule has 0 unspecified atom stereocenters. The van der Waals surface area contributed by atoms with Crippen molar-refractivity contribution in [1.29, 1.82) is 0 Å². The molecule has 0 radical (unpaired) electrons. The zero-order chi connectivity index (χ0) is 16.6. The van der Waals surface area contributed by atoms with Gasteiger partial charge in [0.1, 0.15) is 12.0 Å². The van der Waals surface area contributed by atoms with Crippen LogP contribution in [0.15, 0.2) is 29.3 Å². The number of aryl methyl sites for hydroxylation is 3. The third-order valence-electron chi connectivity index (χ3n) is 3.62. The molecule has 0 fully saturated rings. The van der Waals surface area contributed by atoms with E-state index >= 15 is 0 Å². The van der Waals surface area contributed by atoms with Gasteiger partial charge in [0, 0.05) is 5.69 Å². The molecule has 0 saturated carbocycles. The Morgan fingerprint density at radius 1 is 1.17 bits per heavy atom. The number of nitrogens with zero attached hydrogens (tertiary/aromatic N) is 3. The molecule has 0 aliphatic carbocycles. The molecule has 23 heavy (non-hydrogen) atoms. The highest BCUT2D eigenvalue weighted by Gasteiger charge is 2.14. The lowest BCUT2D eigenvalue weighted by Crippen LogP contribution is -2.28. The maximum Gasteiger partial charge on any atom is 0.323 e. The van der Waals surface area contributed by atoms with Gasteiger partial charge in [-0.15, -0.1) is 0 Å². The molecule has 8 nitrogen and oxygen atoms in total. The van der Waals surface area contributed by atoms with Crippen LogP contribution >= 0.6 is 0 Å². The number of carbonyl (C=O) groups excluding carboxylic acids is 1. The number of hydrogen-bond acceptors (Lipinski definition) is 4. The van der Waals surface area contributed by atoms with Crippen LogP contribution in [-0.4, -0.2) is 25.6 Å². The third kappa shape index (κ3) is 2.78. The lowest BCUT2D eigenvalue weighted by atomic mass is 10.1. The van der Waals surface area contributed by atoms with E-state index in [0.717, 1.165) is 11.1 Å². The molecule has 0 bridgehead atoms. The summed E-state index contributed by atoms with van der Waals surface area (Å²) in [6.45, 7) is 5.60. The lowest BCUT2D eigenvalue weighted by Gasteiger charge is -2.10. The zero-order valence-corrected chi connectivity index (χ0v) is 13.0. The van der Waals surface area contributed by atoms with Crippen LogP contribution in [0.25, 0.3) is 5.78 Å². The first-order valence-electron chi connectivity index (χ1n) is 7.03. The number of benzene rings is 1. The fourth-order valence-corrected chi connectivity index (χ4v) is 2.20. The van der Waals surface area contributed by atoms with Crippen LogP contribution in [0.2, 0.25) is 0 Å². The molecular formula is C15H16N6O2. The molecule has 1 aromatic carbocycles. The summed E-state index contributed by atoms with van der Waals surface area (Å²) < 4.78 is 1.17. The number of rotatable bonds is 2. The molecular weight excluding hydrogens is 296 g/mol. The number of hydrogen-bond donors (Lipinski definition) is 3.